The number of aromatic amines is 1. The van der Waals surface area contributed by atoms with Crippen LogP contribution in [-0.4, -0.2) is 43.2 Å². The van der Waals surface area contributed by atoms with Crippen molar-refractivity contribution in [2.75, 3.05) is 19.6 Å². The predicted molar refractivity (Wildman–Crippen MR) is 139 cm³/mol. The molecule has 0 bridgehead atoms. The highest BCUT2D eigenvalue weighted by Gasteiger charge is 2.25. The van der Waals surface area contributed by atoms with Crippen LogP contribution >= 0.6 is 11.6 Å². The van der Waals surface area contributed by atoms with Crippen molar-refractivity contribution in [1.29, 1.82) is 0 Å². The van der Waals surface area contributed by atoms with Crippen molar-refractivity contribution in [3.05, 3.63) is 75.0 Å². The van der Waals surface area contributed by atoms with Crippen LogP contribution in [-0.2, 0) is 6.54 Å². The minimum atomic E-state index is -0.0719. The minimum absolute atomic E-state index is 0.0296. The molecule has 0 saturated carbocycles. The summed E-state index contributed by atoms with van der Waals surface area (Å²) in [5.41, 5.74) is 4.17. The van der Waals surface area contributed by atoms with Crippen molar-refractivity contribution < 1.29 is 0 Å². The van der Waals surface area contributed by atoms with Crippen LogP contribution in [0.2, 0.25) is 5.02 Å². The van der Waals surface area contributed by atoms with Crippen molar-refractivity contribution in [3.8, 4) is 0 Å². The number of H-pyrrole nitrogens is 1. The van der Waals surface area contributed by atoms with E-state index < -0.39 is 0 Å². The molecule has 1 saturated heterocycles. The number of hydrogen-bond acceptors (Lipinski definition) is 3. The number of imidazole rings is 2. The summed E-state index contributed by atoms with van der Waals surface area (Å²) < 4.78 is 5.45. The van der Waals surface area contributed by atoms with Gasteiger partial charge >= 0.3 is 11.4 Å². The van der Waals surface area contributed by atoms with Gasteiger partial charge in [0.2, 0.25) is 0 Å². The Morgan fingerprint density at radius 3 is 2.50 bits per heavy atom. The molecule has 0 aliphatic carbocycles. The molecule has 178 valence electrons. The summed E-state index contributed by atoms with van der Waals surface area (Å²) in [5, 5.41) is 0.621. The zero-order valence-electron chi connectivity index (χ0n) is 19.6. The van der Waals surface area contributed by atoms with E-state index in [-0.39, 0.29) is 17.4 Å². The third kappa shape index (κ3) is 4.03. The fourth-order valence-electron chi connectivity index (χ4n) is 5.39. The molecule has 2 aromatic carbocycles. The van der Waals surface area contributed by atoms with Crippen molar-refractivity contribution in [2.24, 2.45) is 5.92 Å². The second-order valence-corrected chi connectivity index (χ2v) is 9.99. The highest BCUT2D eigenvalue weighted by atomic mass is 35.5. The Labute approximate surface area is 202 Å². The number of rotatable bonds is 6. The van der Waals surface area contributed by atoms with E-state index in [0.29, 0.717) is 17.5 Å². The molecule has 2 aromatic heterocycles. The van der Waals surface area contributed by atoms with Gasteiger partial charge in [0.1, 0.15) is 0 Å². The average Bonchev–Trinajstić information content (AvgIpc) is 3.27. The number of para-hydroxylation sites is 2. The lowest BCUT2D eigenvalue weighted by Gasteiger charge is -2.34. The van der Waals surface area contributed by atoms with E-state index in [1.807, 2.05) is 52.5 Å². The number of benzene rings is 2. The number of piperidine rings is 1. The van der Waals surface area contributed by atoms with Gasteiger partial charge in [-0.2, -0.15) is 0 Å². The Morgan fingerprint density at radius 2 is 1.79 bits per heavy atom. The Balaban J connectivity index is 1.27. The van der Waals surface area contributed by atoms with Crippen molar-refractivity contribution in [1.82, 2.24) is 23.6 Å². The van der Waals surface area contributed by atoms with Gasteiger partial charge in [0.05, 0.1) is 22.1 Å². The molecule has 3 heterocycles. The summed E-state index contributed by atoms with van der Waals surface area (Å²) in [6.07, 6.45) is 1.83. The van der Waals surface area contributed by atoms with Crippen LogP contribution in [0.3, 0.4) is 0 Å². The van der Waals surface area contributed by atoms with Gasteiger partial charge < -0.3 is 9.88 Å². The van der Waals surface area contributed by atoms with E-state index in [9.17, 15) is 9.59 Å². The van der Waals surface area contributed by atoms with Crippen LogP contribution in [0.15, 0.2) is 58.6 Å². The average molecular weight is 480 g/mol. The first-order chi connectivity index (χ1) is 16.3. The summed E-state index contributed by atoms with van der Waals surface area (Å²) >= 11 is 6.09. The molecular weight excluding hydrogens is 450 g/mol. The lowest BCUT2D eigenvalue weighted by atomic mass is 10.0. The number of likely N-dealkylation sites (tertiary alicyclic amines) is 1. The maximum absolute atomic E-state index is 13.1. The fourth-order valence-corrected chi connectivity index (χ4v) is 5.56. The summed E-state index contributed by atoms with van der Waals surface area (Å²) in [7, 11) is 0. The van der Waals surface area contributed by atoms with Crippen LogP contribution in [0.4, 0.5) is 0 Å². The molecule has 1 atom stereocenters. The normalized spacial score (nSPS) is 16.4. The van der Waals surface area contributed by atoms with Gasteiger partial charge in [-0.15, -0.1) is 0 Å². The van der Waals surface area contributed by atoms with Crippen LogP contribution in [0, 0.1) is 5.92 Å². The molecule has 1 aliphatic heterocycles. The Hall–Kier alpha value is -3.03. The van der Waals surface area contributed by atoms with E-state index in [1.165, 1.54) is 0 Å². The van der Waals surface area contributed by atoms with Gasteiger partial charge in [-0.1, -0.05) is 37.2 Å². The fraction of sp³-hybridized carbons (Fsp3) is 0.385. The summed E-state index contributed by atoms with van der Waals surface area (Å²) in [4.78, 5) is 31.1. The molecule has 7 nitrogen and oxygen atoms in total. The number of halogens is 1. The van der Waals surface area contributed by atoms with Crippen LogP contribution in [0.1, 0.15) is 32.7 Å². The number of aromatic nitrogens is 4. The quantitative estimate of drug-likeness (QED) is 0.440. The van der Waals surface area contributed by atoms with E-state index in [0.717, 1.165) is 60.2 Å². The molecule has 1 unspecified atom stereocenters. The van der Waals surface area contributed by atoms with E-state index in [1.54, 1.807) is 10.6 Å². The summed E-state index contributed by atoms with van der Waals surface area (Å²) in [6.45, 7) is 11.4. The lowest BCUT2D eigenvalue weighted by Crippen LogP contribution is -2.40. The molecule has 0 radical (unpaired) electrons. The number of hydrogen-bond donors (Lipinski definition) is 1. The van der Waals surface area contributed by atoms with Crippen molar-refractivity contribution in [2.45, 2.75) is 39.3 Å². The molecule has 5 rings (SSSR count). The van der Waals surface area contributed by atoms with Gasteiger partial charge in [-0.3, -0.25) is 13.7 Å². The SMILES string of the molecule is C=C(C)n1c(=O)n(CC(C)CN2CCC(n3c(=O)[nH]c4cc(Cl)ccc43)CC2)c2ccccc21. The molecule has 34 heavy (non-hydrogen) atoms. The first-order valence-corrected chi connectivity index (χ1v) is 12.2. The highest BCUT2D eigenvalue weighted by molar-refractivity contribution is 6.31. The monoisotopic (exact) mass is 479 g/mol. The van der Waals surface area contributed by atoms with Crippen molar-refractivity contribution in [3.63, 3.8) is 0 Å². The van der Waals surface area contributed by atoms with Gasteiger partial charge in [-0.05, 0) is 56.0 Å². The predicted octanol–water partition coefficient (Wildman–Crippen LogP) is 4.56. The Kier molecular flexibility index (Phi) is 6.00. The maximum atomic E-state index is 13.1. The molecule has 1 aliphatic rings. The third-order valence-electron chi connectivity index (χ3n) is 6.88. The van der Waals surface area contributed by atoms with E-state index >= 15 is 0 Å². The lowest BCUT2D eigenvalue weighted by molar-refractivity contribution is 0.161. The smallest absolute Gasteiger partial charge is 0.305 e. The van der Waals surface area contributed by atoms with Crippen molar-refractivity contribution >= 4 is 39.4 Å². The second-order valence-electron chi connectivity index (χ2n) is 9.55. The standard InChI is InChI=1S/C26H30ClN5O2/c1-17(2)31-24-7-5-4-6-23(24)30(26(31)34)16-18(3)15-29-12-10-20(11-13-29)32-22-9-8-19(27)14-21(22)28-25(32)33/h4-9,14,18,20H,1,10-13,15-16H2,2-3H3,(H,28,33). The molecule has 8 heteroatoms. The topological polar surface area (TPSA) is 68.0 Å². The molecule has 1 fully saturated rings. The molecule has 1 N–H and O–H groups in total. The van der Waals surface area contributed by atoms with Gasteiger partial charge in [-0.25, -0.2) is 9.59 Å². The molecule has 0 spiro atoms. The number of nitrogens with one attached hydrogen (secondary N) is 1. The first-order valence-electron chi connectivity index (χ1n) is 11.8. The van der Waals surface area contributed by atoms with E-state index in [4.69, 9.17) is 11.6 Å². The van der Waals surface area contributed by atoms with Gasteiger partial charge in [0.25, 0.3) is 0 Å². The minimum Gasteiger partial charge on any atom is -0.305 e. The zero-order chi connectivity index (χ0) is 24.0. The number of allylic oxidation sites excluding steroid dienone is 1. The van der Waals surface area contributed by atoms with Crippen LogP contribution in [0.25, 0.3) is 27.8 Å². The number of fused-ring (bicyclic) bond motifs is 2. The Morgan fingerprint density at radius 1 is 1.09 bits per heavy atom. The van der Waals surface area contributed by atoms with Gasteiger partial charge in [0.15, 0.2) is 0 Å². The summed E-state index contributed by atoms with van der Waals surface area (Å²) in [6, 6.07) is 13.6. The molecule has 4 aromatic rings. The Bertz CT molecular complexity index is 1480. The summed E-state index contributed by atoms with van der Waals surface area (Å²) in [5.74, 6) is 0.302. The zero-order valence-corrected chi connectivity index (χ0v) is 20.4. The molecular formula is C26H30ClN5O2. The second kappa shape index (κ2) is 8.96. The largest absolute Gasteiger partial charge is 0.333 e. The van der Waals surface area contributed by atoms with E-state index in [2.05, 4.69) is 23.4 Å². The van der Waals surface area contributed by atoms with Gasteiger partial charge in [0, 0.05) is 42.9 Å². The molecule has 0 amide bonds. The number of nitrogens with zero attached hydrogens (tertiary/aromatic N) is 4. The third-order valence-corrected chi connectivity index (χ3v) is 7.12. The maximum Gasteiger partial charge on any atom is 0.333 e. The first kappa shape index (κ1) is 22.7. The van der Waals surface area contributed by atoms with Crippen LogP contribution in [0.5, 0.6) is 0 Å². The van der Waals surface area contributed by atoms with Crippen LogP contribution < -0.4 is 11.4 Å². The highest BCUT2D eigenvalue weighted by Crippen LogP contribution is 2.27.